The van der Waals surface area contributed by atoms with Crippen molar-refractivity contribution < 1.29 is 13.5 Å². The highest BCUT2D eigenvalue weighted by Gasteiger charge is 2.03. The maximum atomic E-state index is 12.1. The van der Waals surface area contributed by atoms with Gasteiger partial charge in [0.25, 0.3) is 6.43 Å². The number of nitrogens with zero attached hydrogens (tertiary/aromatic N) is 2. The van der Waals surface area contributed by atoms with Crippen LogP contribution >= 0.6 is 11.8 Å². The summed E-state index contributed by atoms with van der Waals surface area (Å²) in [5, 5.41) is 8.16. The third-order valence-electron chi connectivity index (χ3n) is 2.83. The highest BCUT2D eigenvalue weighted by Crippen LogP contribution is 2.14. The molecule has 4 nitrogen and oxygen atoms in total. The highest BCUT2D eigenvalue weighted by atomic mass is 32.2. The molecule has 0 atom stereocenters. The molecule has 0 saturated carbocycles. The molecule has 0 aliphatic carbocycles. The van der Waals surface area contributed by atoms with Gasteiger partial charge in [0, 0.05) is 5.75 Å². The van der Waals surface area contributed by atoms with Crippen molar-refractivity contribution in [3.63, 3.8) is 0 Å². The predicted molar refractivity (Wildman–Crippen MR) is 94.9 cm³/mol. The predicted octanol–water partition coefficient (Wildman–Crippen LogP) is 3.91. The van der Waals surface area contributed by atoms with Crippen molar-refractivity contribution in [3.05, 3.63) is 65.7 Å². The van der Waals surface area contributed by atoms with E-state index in [4.69, 9.17) is 10.5 Å². The molecule has 2 aromatic rings. The minimum absolute atomic E-state index is 0.347. The summed E-state index contributed by atoms with van der Waals surface area (Å²) in [7, 11) is 0. The van der Waals surface area contributed by atoms with E-state index in [0.717, 1.165) is 5.56 Å². The smallest absolute Gasteiger partial charge is 0.272 e. The van der Waals surface area contributed by atoms with Gasteiger partial charge in [-0.25, -0.2) is 8.78 Å². The molecule has 24 heavy (non-hydrogen) atoms. The fourth-order valence-electron chi connectivity index (χ4n) is 1.76. The van der Waals surface area contributed by atoms with Crippen LogP contribution in [0, 0.1) is 0 Å². The number of ether oxygens (including phenoxy) is 1. The number of thioether (sulfide) groups is 1. The first-order chi connectivity index (χ1) is 11.6. The van der Waals surface area contributed by atoms with Crippen molar-refractivity contribution in [3.8, 4) is 5.75 Å². The Morgan fingerprint density at radius 2 is 1.96 bits per heavy atom. The Kier molecular flexibility index (Phi) is 7.22. The second kappa shape index (κ2) is 9.67. The molecule has 0 aliphatic rings. The van der Waals surface area contributed by atoms with Gasteiger partial charge in [0.15, 0.2) is 5.17 Å². The molecule has 0 bridgehead atoms. The zero-order valence-electron chi connectivity index (χ0n) is 12.8. The molecule has 0 saturated heterocycles. The molecule has 126 valence electrons. The molecular formula is C17H17F2N3OS. The van der Waals surface area contributed by atoms with Crippen molar-refractivity contribution in [2.24, 2.45) is 15.9 Å². The fourth-order valence-corrected chi connectivity index (χ4v) is 2.37. The van der Waals surface area contributed by atoms with Crippen LogP contribution in [0.1, 0.15) is 11.1 Å². The lowest BCUT2D eigenvalue weighted by Gasteiger charge is -2.05. The Balaban J connectivity index is 1.86. The van der Waals surface area contributed by atoms with Crippen LogP contribution in [0.25, 0.3) is 0 Å². The summed E-state index contributed by atoms with van der Waals surface area (Å²) in [6.07, 6.45) is -1.01. The molecule has 2 rings (SSSR count). The number of halogens is 2. The lowest BCUT2D eigenvalue weighted by atomic mass is 10.2. The average molecular weight is 349 g/mol. The third kappa shape index (κ3) is 6.78. The molecule has 0 heterocycles. The van der Waals surface area contributed by atoms with E-state index in [-0.39, 0.29) is 0 Å². The summed E-state index contributed by atoms with van der Waals surface area (Å²) in [6, 6.07) is 16.6. The first-order valence-corrected chi connectivity index (χ1v) is 8.16. The largest absolute Gasteiger partial charge is 0.488 e. The van der Waals surface area contributed by atoms with Gasteiger partial charge in [0.05, 0.1) is 6.21 Å². The summed E-state index contributed by atoms with van der Waals surface area (Å²) in [6.45, 7) is -0.637. The molecule has 7 heteroatoms. The summed E-state index contributed by atoms with van der Waals surface area (Å²) in [4.78, 5) is 0. The van der Waals surface area contributed by atoms with E-state index in [1.807, 2.05) is 30.3 Å². The van der Waals surface area contributed by atoms with Gasteiger partial charge in [-0.2, -0.15) is 5.10 Å². The van der Waals surface area contributed by atoms with Gasteiger partial charge in [-0.1, -0.05) is 54.2 Å². The molecule has 0 radical (unpaired) electrons. The summed E-state index contributed by atoms with van der Waals surface area (Å²) in [5.41, 5.74) is 7.62. The lowest BCUT2D eigenvalue weighted by molar-refractivity contribution is 0.0819. The number of amidine groups is 1. The van der Waals surface area contributed by atoms with Crippen LogP contribution in [-0.2, 0) is 5.75 Å². The topological polar surface area (TPSA) is 60.0 Å². The van der Waals surface area contributed by atoms with Crippen molar-refractivity contribution in [1.82, 2.24) is 0 Å². The second-order valence-corrected chi connectivity index (χ2v) is 5.73. The van der Waals surface area contributed by atoms with E-state index in [9.17, 15) is 8.78 Å². The molecule has 0 unspecified atom stereocenters. The van der Waals surface area contributed by atoms with Crippen LogP contribution in [0.5, 0.6) is 5.75 Å². The summed E-state index contributed by atoms with van der Waals surface area (Å²) in [5.74, 6) is 1.07. The standard InChI is InChI=1S/C17H17F2N3OS/c18-16(19)11-23-15-8-4-7-14(9-15)10-21-22-17(20)24-12-13-5-2-1-3-6-13/h1-10,16H,11-12H2,(H2,20,22). The monoisotopic (exact) mass is 349 g/mol. The first kappa shape index (κ1) is 17.9. The average Bonchev–Trinajstić information content (AvgIpc) is 2.59. The van der Waals surface area contributed by atoms with Gasteiger partial charge < -0.3 is 10.5 Å². The minimum atomic E-state index is -2.51. The van der Waals surface area contributed by atoms with Gasteiger partial charge in [-0.05, 0) is 23.3 Å². The Morgan fingerprint density at radius 1 is 1.17 bits per heavy atom. The van der Waals surface area contributed by atoms with E-state index in [0.29, 0.717) is 22.2 Å². The molecule has 2 aromatic carbocycles. The fraction of sp³-hybridized carbons (Fsp3) is 0.176. The molecular weight excluding hydrogens is 332 g/mol. The number of hydrogen-bond donors (Lipinski definition) is 1. The molecule has 2 N–H and O–H groups in total. The van der Waals surface area contributed by atoms with Gasteiger partial charge in [-0.15, -0.1) is 5.10 Å². The third-order valence-corrected chi connectivity index (χ3v) is 3.68. The van der Waals surface area contributed by atoms with Gasteiger partial charge >= 0.3 is 0 Å². The van der Waals surface area contributed by atoms with Crippen LogP contribution in [0.15, 0.2) is 64.8 Å². The Hall–Kier alpha value is -2.41. The van der Waals surface area contributed by atoms with Crippen LogP contribution < -0.4 is 10.5 Å². The number of nitrogens with two attached hydrogens (primary N) is 1. The van der Waals surface area contributed by atoms with E-state index in [1.54, 1.807) is 24.3 Å². The van der Waals surface area contributed by atoms with Crippen molar-refractivity contribution in [2.75, 3.05) is 6.61 Å². The van der Waals surface area contributed by atoms with Crippen molar-refractivity contribution in [1.29, 1.82) is 0 Å². The van der Waals surface area contributed by atoms with E-state index in [2.05, 4.69) is 10.2 Å². The highest BCUT2D eigenvalue weighted by molar-refractivity contribution is 8.13. The number of alkyl halides is 2. The zero-order valence-corrected chi connectivity index (χ0v) is 13.6. The number of rotatable bonds is 7. The summed E-state index contributed by atoms with van der Waals surface area (Å²) < 4.78 is 29.2. The number of benzene rings is 2. The summed E-state index contributed by atoms with van der Waals surface area (Å²) >= 11 is 1.39. The molecule has 0 fully saturated rings. The molecule has 0 amide bonds. The van der Waals surface area contributed by atoms with Gasteiger partial charge in [-0.3, -0.25) is 0 Å². The minimum Gasteiger partial charge on any atom is -0.488 e. The van der Waals surface area contributed by atoms with E-state index in [1.165, 1.54) is 18.0 Å². The Labute approximate surface area is 143 Å². The molecule has 0 aromatic heterocycles. The van der Waals surface area contributed by atoms with Crippen LogP contribution in [0.4, 0.5) is 8.78 Å². The maximum Gasteiger partial charge on any atom is 0.272 e. The van der Waals surface area contributed by atoms with Crippen LogP contribution in [0.3, 0.4) is 0 Å². The van der Waals surface area contributed by atoms with Crippen LogP contribution in [-0.4, -0.2) is 24.4 Å². The number of hydrogen-bond acceptors (Lipinski definition) is 4. The SMILES string of the molecule is NC(=NN=Cc1cccc(OCC(F)F)c1)SCc1ccccc1. The van der Waals surface area contributed by atoms with Crippen molar-refractivity contribution >= 4 is 23.1 Å². The molecule has 0 aliphatic heterocycles. The molecule has 0 spiro atoms. The van der Waals surface area contributed by atoms with E-state index < -0.39 is 13.0 Å². The zero-order chi connectivity index (χ0) is 17.2. The quantitative estimate of drug-likeness (QED) is 0.468. The lowest BCUT2D eigenvalue weighted by Crippen LogP contribution is -2.07. The first-order valence-electron chi connectivity index (χ1n) is 7.18. The normalized spacial score (nSPS) is 12.0. The van der Waals surface area contributed by atoms with Gasteiger partial charge in [0.1, 0.15) is 12.4 Å². The Bertz CT molecular complexity index is 693. The maximum absolute atomic E-state index is 12.1. The van der Waals surface area contributed by atoms with E-state index >= 15 is 0 Å². The van der Waals surface area contributed by atoms with Crippen molar-refractivity contribution in [2.45, 2.75) is 12.2 Å². The van der Waals surface area contributed by atoms with Gasteiger partial charge in [0.2, 0.25) is 0 Å². The Morgan fingerprint density at radius 3 is 2.71 bits per heavy atom. The second-order valence-electron chi connectivity index (χ2n) is 4.73. The van der Waals surface area contributed by atoms with Crippen LogP contribution in [0.2, 0.25) is 0 Å².